The van der Waals surface area contributed by atoms with E-state index in [0.29, 0.717) is 61.8 Å². The lowest BCUT2D eigenvalue weighted by Crippen LogP contribution is -2.37. The minimum atomic E-state index is -0.0626. The first kappa shape index (κ1) is 27.1. The Morgan fingerprint density at radius 3 is 2.60 bits per heavy atom. The van der Waals surface area contributed by atoms with Gasteiger partial charge in [-0.05, 0) is 62.9 Å². The Bertz CT molecular complexity index is 1610. The van der Waals surface area contributed by atoms with Gasteiger partial charge in [-0.15, -0.1) is 0 Å². The van der Waals surface area contributed by atoms with Crippen molar-refractivity contribution in [3.05, 3.63) is 81.9 Å². The molecular weight excluding hydrogens is 506 g/mol. The van der Waals surface area contributed by atoms with Crippen molar-refractivity contribution >= 4 is 5.91 Å². The molecule has 0 saturated carbocycles. The molecule has 1 amide bonds. The lowest BCUT2D eigenvalue weighted by atomic mass is 9.88. The first-order valence-corrected chi connectivity index (χ1v) is 13.4. The van der Waals surface area contributed by atoms with Crippen LogP contribution in [0.15, 0.2) is 36.8 Å². The number of fused-ring (bicyclic) bond motifs is 1. The molecule has 0 bridgehead atoms. The summed E-state index contributed by atoms with van der Waals surface area (Å²) in [5.41, 5.74) is 7.45. The molecule has 0 saturated heterocycles. The van der Waals surface area contributed by atoms with Gasteiger partial charge in [0.05, 0.1) is 43.4 Å². The number of carbonyl (C=O) groups excluding carboxylic acids is 1. The molecule has 0 unspecified atom stereocenters. The van der Waals surface area contributed by atoms with E-state index >= 15 is 0 Å². The predicted octanol–water partition coefficient (Wildman–Crippen LogP) is 3.58. The van der Waals surface area contributed by atoms with Crippen LogP contribution in [-0.4, -0.2) is 60.0 Å². The zero-order valence-electron chi connectivity index (χ0n) is 23.3. The molecule has 5 rings (SSSR count). The molecule has 0 radical (unpaired) electrons. The first-order chi connectivity index (χ1) is 19.3. The fourth-order valence-corrected chi connectivity index (χ4v) is 5.33. The van der Waals surface area contributed by atoms with E-state index in [-0.39, 0.29) is 12.5 Å². The second-order valence-corrected chi connectivity index (χ2v) is 10.0. The molecule has 0 spiro atoms. The SMILES string of the molecule is CCOc1cc(CN2CCc3c(cc(Cn4cc(C)nc4C)cc3-c3cn(CCO)nc3C)C2=O)ncc1C#N. The van der Waals surface area contributed by atoms with Crippen LogP contribution in [0.2, 0.25) is 0 Å². The van der Waals surface area contributed by atoms with E-state index in [4.69, 9.17) is 4.74 Å². The average molecular weight is 540 g/mol. The zero-order chi connectivity index (χ0) is 28.4. The summed E-state index contributed by atoms with van der Waals surface area (Å²) in [7, 11) is 0. The lowest BCUT2D eigenvalue weighted by molar-refractivity contribution is 0.0724. The van der Waals surface area contributed by atoms with Crippen LogP contribution >= 0.6 is 0 Å². The normalized spacial score (nSPS) is 12.9. The van der Waals surface area contributed by atoms with Gasteiger partial charge in [-0.1, -0.05) is 0 Å². The highest BCUT2D eigenvalue weighted by molar-refractivity contribution is 5.99. The van der Waals surface area contributed by atoms with Crippen molar-refractivity contribution in [3.63, 3.8) is 0 Å². The number of imidazole rings is 1. The monoisotopic (exact) mass is 539 g/mol. The number of aliphatic hydroxyl groups is 1. The summed E-state index contributed by atoms with van der Waals surface area (Å²) >= 11 is 0. The molecule has 3 aromatic heterocycles. The second-order valence-electron chi connectivity index (χ2n) is 10.0. The molecule has 0 aliphatic carbocycles. The quantitative estimate of drug-likeness (QED) is 0.345. The smallest absolute Gasteiger partial charge is 0.254 e. The van der Waals surface area contributed by atoms with Crippen molar-refractivity contribution in [2.75, 3.05) is 19.8 Å². The van der Waals surface area contributed by atoms with Crippen LogP contribution < -0.4 is 4.74 Å². The third-order valence-corrected chi connectivity index (χ3v) is 7.17. The molecule has 0 atom stereocenters. The summed E-state index contributed by atoms with van der Waals surface area (Å²) in [5.74, 6) is 1.33. The van der Waals surface area contributed by atoms with Crippen LogP contribution in [-0.2, 0) is 26.1 Å². The van der Waals surface area contributed by atoms with Crippen LogP contribution in [0.25, 0.3) is 11.1 Å². The molecule has 4 aromatic rings. The largest absolute Gasteiger partial charge is 0.492 e. The number of hydrogen-bond donors (Lipinski definition) is 1. The Morgan fingerprint density at radius 2 is 1.90 bits per heavy atom. The van der Waals surface area contributed by atoms with E-state index in [9.17, 15) is 15.2 Å². The highest BCUT2D eigenvalue weighted by atomic mass is 16.5. The maximum absolute atomic E-state index is 13.9. The van der Waals surface area contributed by atoms with Crippen LogP contribution in [0.5, 0.6) is 5.75 Å². The van der Waals surface area contributed by atoms with Gasteiger partial charge in [-0.2, -0.15) is 10.4 Å². The molecule has 206 valence electrons. The number of aliphatic hydroxyl groups excluding tert-OH is 1. The Morgan fingerprint density at radius 1 is 1.10 bits per heavy atom. The second kappa shape index (κ2) is 11.3. The Labute approximate surface area is 233 Å². The average Bonchev–Trinajstić information content (AvgIpc) is 3.45. The van der Waals surface area contributed by atoms with Gasteiger partial charge in [0.25, 0.3) is 5.91 Å². The number of carbonyl (C=O) groups is 1. The number of ether oxygens (including phenoxy) is 1. The van der Waals surface area contributed by atoms with Gasteiger partial charge in [0, 0.05) is 48.9 Å². The van der Waals surface area contributed by atoms with Crippen molar-refractivity contribution in [1.82, 2.24) is 29.2 Å². The molecular formula is C30H33N7O3. The number of nitrogens with zero attached hydrogens (tertiary/aromatic N) is 7. The van der Waals surface area contributed by atoms with Crippen molar-refractivity contribution < 1.29 is 14.6 Å². The van der Waals surface area contributed by atoms with Gasteiger partial charge in [0.1, 0.15) is 23.2 Å². The van der Waals surface area contributed by atoms with E-state index < -0.39 is 0 Å². The maximum Gasteiger partial charge on any atom is 0.254 e. The van der Waals surface area contributed by atoms with Gasteiger partial charge >= 0.3 is 0 Å². The number of hydrogen-bond acceptors (Lipinski definition) is 7. The minimum Gasteiger partial charge on any atom is -0.492 e. The van der Waals surface area contributed by atoms with Crippen molar-refractivity contribution in [2.24, 2.45) is 0 Å². The summed E-state index contributed by atoms with van der Waals surface area (Å²) < 4.78 is 9.46. The molecule has 1 aliphatic heterocycles. The summed E-state index contributed by atoms with van der Waals surface area (Å²) in [6, 6.07) is 8.00. The van der Waals surface area contributed by atoms with E-state index in [1.807, 2.05) is 46.2 Å². The van der Waals surface area contributed by atoms with Gasteiger partial charge in [0.15, 0.2) is 0 Å². The highest BCUT2D eigenvalue weighted by Gasteiger charge is 2.29. The van der Waals surface area contributed by atoms with E-state index in [1.54, 1.807) is 15.6 Å². The minimum absolute atomic E-state index is 0.000196. The van der Waals surface area contributed by atoms with Gasteiger partial charge in [-0.25, -0.2) is 4.98 Å². The van der Waals surface area contributed by atoms with Gasteiger partial charge in [-0.3, -0.25) is 14.5 Å². The number of rotatable bonds is 9. The lowest BCUT2D eigenvalue weighted by Gasteiger charge is -2.30. The van der Waals surface area contributed by atoms with E-state index in [1.165, 1.54) is 6.20 Å². The van der Waals surface area contributed by atoms with Crippen LogP contribution in [0.4, 0.5) is 0 Å². The highest BCUT2D eigenvalue weighted by Crippen LogP contribution is 2.34. The van der Waals surface area contributed by atoms with E-state index in [0.717, 1.165) is 39.5 Å². The summed E-state index contributed by atoms with van der Waals surface area (Å²) in [4.78, 5) is 24.7. The Balaban J connectivity index is 1.54. The third-order valence-electron chi connectivity index (χ3n) is 7.17. The number of aromatic nitrogens is 5. The summed E-state index contributed by atoms with van der Waals surface area (Å²) in [6.07, 6.45) is 6.14. The van der Waals surface area contributed by atoms with Crippen molar-refractivity contribution in [3.8, 4) is 22.9 Å². The van der Waals surface area contributed by atoms with Crippen molar-refractivity contribution in [1.29, 1.82) is 5.26 Å². The third kappa shape index (κ3) is 5.33. The standard InChI is InChI=1S/C30H33N7O3/c1-5-40-29-12-24(32-14-23(29)13-31)17-35-7-6-25-26(28-18-37(8-9-38)34-20(28)3)10-22(11-27(25)30(35)39)16-36-15-19(2)33-21(36)4/h10-12,14-15,18,38H,5-9,16-17H2,1-4H3. The molecule has 10 heteroatoms. The first-order valence-electron chi connectivity index (χ1n) is 13.4. The van der Waals surface area contributed by atoms with Crippen LogP contribution in [0.1, 0.15) is 56.9 Å². The van der Waals surface area contributed by atoms with Crippen LogP contribution in [0, 0.1) is 32.1 Å². The molecule has 40 heavy (non-hydrogen) atoms. The predicted molar refractivity (Wildman–Crippen MR) is 149 cm³/mol. The number of amides is 1. The van der Waals surface area contributed by atoms with E-state index in [2.05, 4.69) is 31.8 Å². The molecule has 0 fully saturated rings. The van der Waals surface area contributed by atoms with Gasteiger partial charge in [0.2, 0.25) is 0 Å². The maximum atomic E-state index is 13.9. The topological polar surface area (TPSA) is 122 Å². The fourth-order valence-electron chi connectivity index (χ4n) is 5.33. The molecule has 1 N–H and O–H groups in total. The number of aryl methyl sites for hydroxylation is 3. The fraction of sp³-hybridized carbons (Fsp3) is 0.367. The number of nitriles is 1. The number of benzene rings is 1. The summed E-state index contributed by atoms with van der Waals surface area (Å²) in [5, 5.41) is 23.4. The summed E-state index contributed by atoms with van der Waals surface area (Å²) in [6.45, 7) is 10.0. The number of pyridine rings is 1. The molecule has 1 aromatic carbocycles. The van der Waals surface area contributed by atoms with Gasteiger partial charge < -0.3 is 19.3 Å². The zero-order valence-corrected chi connectivity index (χ0v) is 23.3. The van der Waals surface area contributed by atoms with Crippen molar-refractivity contribution in [2.45, 2.75) is 53.8 Å². The molecule has 4 heterocycles. The Hall–Kier alpha value is -4.49. The molecule has 10 nitrogen and oxygen atoms in total. The molecule has 1 aliphatic rings. The van der Waals surface area contributed by atoms with Crippen LogP contribution in [0.3, 0.4) is 0 Å². The Kier molecular flexibility index (Phi) is 7.67.